The number of rotatable bonds is 1. The van der Waals surface area contributed by atoms with E-state index in [9.17, 15) is 4.79 Å². The van der Waals surface area contributed by atoms with Crippen LogP contribution in [0.2, 0.25) is 0 Å². The van der Waals surface area contributed by atoms with Crippen LogP contribution in [-0.4, -0.2) is 17.1 Å². The fraction of sp³-hybridized carbons (Fsp3) is 0.357. The van der Waals surface area contributed by atoms with Crippen LogP contribution < -0.4 is 0 Å². The van der Waals surface area contributed by atoms with E-state index < -0.39 is 0 Å². The van der Waals surface area contributed by atoms with Gasteiger partial charge in [0.2, 0.25) is 0 Å². The lowest BCUT2D eigenvalue weighted by molar-refractivity contribution is -0.146. The molecule has 0 saturated heterocycles. The maximum absolute atomic E-state index is 11.0. The Morgan fingerprint density at radius 2 is 2.24 bits per heavy atom. The molecule has 1 aliphatic carbocycles. The van der Waals surface area contributed by atoms with E-state index in [2.05, 4.69) is 17.1 Å². The summed E-state index contributed by atoms with van der Waals surface area (Å²) in [7, 11) is 0. The molecule has 0 aliphatic heterocycles. The first-order valence-electron chi connectivity index (χ1n) is 5.99. The van der Waals surface area contributed by atoms with Gasteiger partial charge in [-0.3, -0.25) is 4.79 Å². The molecule has 2 aromatic rings. The summed E-state index contributed by atoms with van der Waals surface area (Å²) < 4.78 is 5.31. The first-order valence-corrected chi connectivity index (χ1v) is 5.99. The van der Waals surface area contributed by atoms with Crippen molar-refractivity contribution in [2.45, 2.75) is 32.3 Å². The van der Waals surface area contributed by atoms with Crippen molar-refractivity contribution < 1.29 is 9.53 Å². The highest BCUT2D eigenvalue weighted by atomic mass is 16.5. The number of nitrogens with one attached hydrogen (secondary N) is 1. The number of hydrogen-bond acceptors (Lipinski definition) is 2. The van der Waals surface area contributed by atoms with E-state index in [0.717, 1.165) is 19.3 Å². The zero-order chi connectivity index (χ0) is 11.8. The molecule has 1 heterocycles. The van der Waals surface area contributed by atoms with Gasteiger partial charge in [-0.05, 0) is 24.5 Å². The highest BCUT2D eigenvalue weighted by molar-refractivity contribution is 5.85. The maximum atomic E-state index is 11.0. The minimum Gasteiger partial charge on any atom is -0.462 e. The Hall–Kier alpha value is -1.77. The third-order valence-electron chi connectivity index (χ3n) is 3.38. The summed E-state index contributed by atoms with van der Waals surface area (Å²) in [4.78, 5) is 14.4. The van der Waals surface area contributed by atoms with Crippen molar-refractivity contribution in [2.24, 2.45) is 0 Å². The van der Waals surface area contributed by atoms with Gasteiger partial charge in [-0.15, -0.1) is 0 Å². The van der Waals surface area contributed by atoms with Crippen molar-refractivity contribution in [3.05, 3.63) is 35.5 Å². The predicted octanol–water partition coefficient (Wildman–Crippen LogP) is 2.59. The van der Waals surface area contributed by atoms with Crippen LogP contribution in [0.15, 0.2) is 24.3 Å². The number of benzene rings is 1. The summed E-state index contributed by atoms with van der Waals surface area (Å²) in [5, 5.41) is 1.26. The molecule has 3 nitrogen and oxygen atoms in total. The van der Waals surface area contributed by atoms with Gasteiger partial charge in [0.25, 0.3) is 0 Å². The van der Waals surface area contributed by atoms with Crippen LogP contribution in [0.3, 0.4) is 0 Å². The summed E-state index contributed by atoms with van der Waals surface area (Å²) in [5.74, 6) is -0.182. The first-order chi connectivity index (χ1) is 8.24. The van der Waals surface area contributed by atoms with E-state index in [0.29, 0.717) is 0 Å². The quantitative estimate of drug-likeness (QED) is 0.764. The number of esters is 1. The molecule has 0 radical (unpaired) electrons. The lowest BCUT2D eigenvalue weighted by Gasteiger charge is -2.22. The number of fused-ring (bicyclic) bond motifs is 3. The second-order valence-corrected chi connectivity index (χ2v) is 4.60. The molecule has 0 fully saturated rings. The molecule has 1 aromatic heterocycles. The summed E-state index contributed by atoms with van der Waals surface area (Å²) in [6.07, 6.45) is 2.75. The molecule has 0 saturated carbocycles. The zero-order valence-corrected chi connectivity index (χ0v) is 9.82. The molecule has 1 aromatic carbocycles. The fourth-order valence-corrected chi connectivity index (χ4v) is 2.67. The number of H-pyrrole nitrogens is 1. The molecule has 0 bridgehead atoms. The second-order valence-electron chi connectivity index (χ2n) is 4.60. The molecule has 1 unspecified atom stereocenters. The Balaban J connectivity index is 1.97. The zero-order valence-electron chi connectivity index (χ0n) is 9.82. The van der Waals surface area contributed by atoms with Crippen molar-refractivity contribution >= 4 is 16.9 Å². The highest BCUT2D eigenvalue weighted by Gasteiger charge is 2.23. The monoisotopic (exact) mass is 229 g/mol. The minimum absolute atomic E-state index is 0.0409. The standard InChI is InChI=1S/C14H15NO2/c1-9(16)17-10-6-7-14-12(8-10)11-4-2-3-5-13(11)15-14/h2-5,10,15H,6-8H2,1H3. The second kappa shape index (κ2) is 3.91. The fourth-order valence-electron chi connectivity index (χ4n) is 2.67. The number of para-hydroxylation sites is 1. The Kier molecular flexibility index (Phi) is 2.39. The van der Waals surface area contributed by atoms with E-state index in [-0.39, 0.29) is 12.1 Å². The molecule has 3 heteroatoms. The molecule has 0 spiro atoms. The number of aromatic amines is 1. The van der Waals surface area contributed by atoms with Gasteiger partial charge in [-0.25, -0.2) is 0 Å². The third kappa shape index (κ3) is 1.82. The molecule has 88 valence electrons. The molecular formula is C14H15NO2. The van der Waals surface area contributed by atoms with E-state index in [4.69, 9.17) is 4.74 Å². The highest BCUT2D eigenvalue weighted by Crippen LogP contribution is 2.30. The molecule has 1 aliphatic rings. The molecule has 1 atom stereocenters. The minimum atomic E-state index is -0.182. The number of hydrogen-bond donors (Lipinski definition) is 1. The van der Waals surface area contributed by atoms with Gasteiger partial charge in [0.1, 0.15) is 6.10 Å². The van der Waals surface area contributed by atoms with E-state index in [1.807, 2.05) is 12.1 Å². The Morgan fingerprint density at radius 3 is 3.06 bits per heavy atom. The van der Waals surface area contributed by atoms with Gasteiger partial charge in [-0.1, -0.05) is 18.2 Å². The first kappa shape index (κ1) is 10.4. The van der Waals surface area contributed by atoms with Crippen LogP contribution >= 0.6 is 0 Å². The van der Waals surface area contributed by atoms with Gasteiger partial charge in [0.15, 0.2) is 0 Å². The SMILES string of the molecule is CC(=O)OC1CCc2[nH]c3ccccc3c2C1. The average Bonchev–Trinajstić information content (AvgIpc) is 2.66. The molecule has 17 heavy (non-hydrogen) atoms. The number of aromatic nitrogens is 1. The van der Waals surface area contributed by atoms with Gasteiger partial charge < -0.3 is 9.72 Å². The van der Waals surface area contributed by atoms with Crippen LogP contribution in [0.4, 0.5) is 0 Å². The number of aryl methyl sites for hydroxylation is 1. The molecule has 0 amide bonds. The van der Waals surface area contributed by atoms with Crippen molar-refractivity contribution in [1.82, 2.24) is 4.98 Å². The topological polar surface area (TPSA) is 42.1 Å². The predicted molar refractivity (Wildman–Crippen MR) is 65.9 cm³/mol. The Morgan fingerprint density at radius 1 is 1.41 bits per heavy atom. The lowest BCUT2D eigenvalue weighted by Crippen LogP contribution is -2.24. The van der Waals surface area contributed by atoms with Crippen molar-refractivity contribution in [3.8, 4) is 0 Å². The maximum Gasteiger partial charge on any atom is 0.302 e. The average molecular weight is 229 g/mol. The summed E-state index contributed by atoms with van der Waals surface area (Å²) in [6.45, 7) is 1.48. The number of carbonyl (C=O) groups excluding carboxylic acids is 1. The normalized spacial score (nSPS) is 19.0. The largest absolute Gasteiger partial charge is 0.462 e. The van der Waals surface area contributed by atoms with Crippen molar-refractivity contribution in [1.29, 1.82) is 0 Å². The van der Waals surface area contributed by atoms with Crippen LogP contribution in [0.1, 0.15) is 24.6 Å². The molecule has 3 rings (SSSR count). The molecule has 1 N–H and O–H groups in total. The van der Waals surface area contributed by atoms with Gasteiger partial charge in [-0.2, -0.15) is 0 Å². The van der Waals surface area contributed by atoms with Crippen molar-refractivity contribution in [3.63, 3.8) is 0 Å². The van der Waals surface area contributed by atoms with E-state index in [1.165, 1.54) is 29.1 Å². The van der Waals surface area contributed by atoms with Crippen molar-refractivity contribution in [2.75, 3.05) is 0 Å². The van der Waals surface area contributed by atoms with Crippen LogP contribution in [0.25, 0.3) is 10.9 Å². The van der Waals surface area contributed by atoms with Gasteiger partial charge in [0.05, 0.1) is 0 Å². The van der Waals surface area contributed by atoms with Crippen LogP contribution in [0.5, 0.6) is 0 Å². The van der Waals surface area contributed by atoms with E-state index >= 15 is 0 Å². The summed E-state index contributed by atoms with van der Waals surface area (Å²) >= 11 is 0. The number of ether oxygens (including phenoxy) is 1. The smallest absolute Gasteiger partial charge is 0.302 e. The Bertz CT molecular complexity index is 571. The molecular weight excluding hydrogens is 214 g/mol. The third-order valence-corrected chi connectivity index (χ3v) is 3.38. The van der Waals surface area contributed by atoms with Gasteiger partial charge >= 0.3 is 5.97 Å². The van der Waals surface area contributed by atoms with Crippen LogP contribution in [0, 0.1) is 0 Å². The van der Waals surface area contributed by atoms with E-state index in [1.54, 1.807) is 0 Å². The summed E-state index contributed by atoms with van der Waals surface area (Å²) in [5.41, 5.74) is 3.80. The van der Waals surface area contributed by atoms with Gasteiger partial charge in [0, 0.05) is 29.9 Å². The number of carbonyl (C=O) groups is 1. The lowest BCUT2D eigenvalue weighted by atomic mass is 9.93. The summed E-state index contributed by atoms with van der Waals surface area (Å²) in [6, 6.07) is 8.30. The van der Waals surface area contributed by atoms with Crippen LogP contribution in [-0.2, 0) is 22.4 Å². The Labute approximate surface area is 99.8 Å².